The van der Waals surface area contributed by atoms with E-state index in [0.717, 1.165) is 0 Å². The fourth-order valence-corrected chi connectivity index (χ4v) is 1.46. The zero-order valence-electron chi connectivity index (χ0n) is 10.3. The van der Waals surface area contributed by atoms with Gasteiger partial charge in [-0.15, -0.1) is 0 Å². The highest BCUT2D eigenvalue weighted by molar-refractivity contribution is 5.97. The highest BCUT2D eigenvalue weighted by Crippen LogP contribution is 2.26. The van der Waals surface area contributed by atoms with E-state index in [4.69, 9.17) is 14.9 Å². The highest BCUT2D eigenvalue weighted by Gasteiger charge is 2.20. The Morgan fingerprint density at radius 1 is 1.42 bits per heavy atom. The Balaban J connectivity index is 2.82. The van der Waals surface area contributed by atoms with Gasteiger partial charge in [-0.1, -0.05) is 0 Å². The molecule has 0 spiro atoms. The predicted octanol–water partition coefficient (Wildman–Crippen LogP) is -0.0338. The summed E-state index contributed by atoms with van der Waals surface area (Å²) >= 11 is 0. The number of aliphatic hydroxyl groups excluding tert-OH is 1. The Kier molecular flexibility index (Phi) is 5.13. The van der Waals surface area contributed by atoms with Gasteiger partial charge < -0.3 is 25.4 Å². The van der Waals surface area contributed by atoms with E-state index in [2.05, 4.69) is 5.32 Å². The molecule has 0 aliphatic rings. The number of hydrogen-bond donors (Lipinski definition) is 4. The SMILES string of the molecule is COc1ccc(C(=O)N[C@@H](CCO)C(=O)O)cc1O. The van der Waals surface area contributed by atoms with Crippen LogP contribution in [0.1, 0.15) is 16.8 Å². The van der Waals surface area contributed by atoms with Crippen LogP contribution >= 0.6 is 0 Å². The van der Waals surface area contributed by atoms with E-state index in [1.54, 1.807) is 0 Å². The molecular weight excluding hydrogens is 254 g/mol. The van der Waals surface area contributed by atoms with Gasteiger partial charge in [-0.3, -0.25) is 4.79 Å². The molecule has 1 rings (SSSR count). The minimum Gasteiger partial charge on any atom is -0.504 e. The molecule has 1 aromatic carbocycles. The standard InChI is InChI=1S/C12H15NO6/c1-19-10-3-2-7(6-9(10)15)11(16)13-8(4-5-14)12(17)18/h2-3,6,8,14-15H,4-5H2,1H3,(H,13,16)(H,17,18)/t8-/m0/s1. The van der Waals surface area contributed by atoms with Crippen molar-refractivity contribution in [3.8, 4) is 11.5 Å². The summed E-state index contributed by atoms with van der Waals surface area (Å²) in [6.07, 6.45) is -0.0940. The summed E-state index contributed by atoms with van der Waals surface area (Å²) in [6.45, 7) is -0.356. The van der Waals surface area contributed by atoms with Gasteiger partial charge in [0.25, 0.3) is 5.91 Å². The number of aliphatic hydroxyl groups is 1. The molecule has 104 valence electrons. The lowest BCUT2D eigenvalue weighted by atomic mass is 10.1. The van der Waals surface area contributed by atoms with Gasteiger partial charge in [0, 0.05) is 18.6 Å². The van der Waals surface area contributed by atoms with Crippen molar-refractivity contribution in [1.29, 1.82) is 0 Å². The Bertz CT molecular complexity index is 473. The molecule has 0 bridgehead atoms. The number of hydrogen-bond acceptors (Lipinski definition) is 5. The Morgan fingerprint density at radius 3 is 2.58 bits per heavy atom. The van der Waals surface area contributed by atoms with E-state index in [1.807, 2.05) is 0 Å². The topological polar surface area (TPSA) is 116 Å². The lowest BCUT2D eigenvalue weighted by Gasteiger charge is -2.13. The Hall–Kier alpha value is -2.28. The van der Waals surface area contributed by atoms with Gasteiger partial charge in [0.05, 0.1) is 7.11 Å². The molecule has 4 N–H and O–H groups in total. The first-order valence-corrected chi connectivity index (χ1v) is 5.51. The third-order valence-electron chi connectivity index (χ3n) is 2.46. The number of aliphatic carboxylic acids is 1. The lowest BCUT2D eigenvalue weighted by molar-refractivity contribution is -0.139. The number of methoxy groups -OCH3 is 1. The van der Waals surface area contributed by atoms with Crippen LogP contribution in [0.15, 0.2) is 18.2 Å². The third kappa shape index (κ3) is 3.85. The van der Waals surface area contributed by atoms with Gasteiger partial charge in [0.2, 0.25) is 0 Å². The number of rotatable bonds is 6. The van der Waals surface area contributed by atoms with Gasteiger partial charge >= 0.3 is 5.97 Å². The second-order valence-corrected chi connectivity index (χ2v) is 3.76. The monoisotopic (exact) mass is 269 g/mol. The summed E-state index contributed by atoms with van der Waals surface area (Å²) in [7, 11) is 1.37. The molecule has 0 radical (unpaired) electrons. The molecule has 0 heterocycles. The summed E-state index contributed by atoms with van der Waals surface area (Å²) < 4.78 is 4.83. The molecule has 0 saturated heterocycles. The van der Waals surface area contributed by atoms with Crippen LogP contribution in [0, 0.1) is 0 Å². The van der Waals surface area contributed by atoms with E-state index in [0.29, 0.717) is 0 Å². The van der Waals surface area contributed by atoms with Crippen molar-refractivity contribution < 1.29 is 29.6 Å². The van der Waals surface area contributed by atoms with Gasteiger partial charge in [-0.05, 0) is 18.2 Å². The van der Waals surface area contributed by atoms with Crippen molar-refractivity contribution in [2.45, 2.75) is 12.5 Å². The number of phenols is 1. The molecule has 7 heteroatoms. The third-order valence-corrected chi connectivity index (χ3v) is 2.46. The average Bonchev–Trinajstić information content (AvgIpc) is 2.37. The van der Waals surface area contributed by atoms with E-state index in [-0.39, 0.29) is 30.1 Å². The van der Waals surface area contributed by atoms with Crippen LogP contribution in [0.4, 0.5) is 0 Å². The molecule has 0 saturated carbocycles. The van der Waals surface area contributed by atoms with E-state index in [9.17, 15) is 14.7 Å². The number of carboxylic acid groups (broad SMARTS) is 1. The Labute approximate surface area is 109 Å². The fraction of sp³-hybridized carbons (Fsp3) is 0.333. The summed E-state index contributed by atoms with van der Waals surface area (Å²) in [4.78, 5) is 22.6. The summed E-state index contributed by atoms with van der Waals surface area (Å²) in [5, 5.41) is 29.3. The van der Waals surface area contributed by atoms with E-state index >= 15 is 0 Å². The summed E-state index contributed by atoms with van der Waals surface area (Å²) in [5.74, 6) is -1.90. The first-order valence-electron chi connectivity index (χ1n) is 5.51. The molecule has 19 heavy (non-hydrogen) atoms. The maximum absolute atomic E-state index is 11.8. The van der Waals surface area contributed by atoms with Crippen LogP contribution in [0.2, 0.25) is 0 Å². The molecule has 0 fully saturated rings. The number of carboxylic acids is 1. The normalized spacial score (nSPS) is 11.7. The van der Waals surface area contributed by atoms with Crippen LogP contribution in [-0.4, -0.2) is 47.0 Å². The van der Waals surface area contributed by atoms with Crippen LogP contribution in [0.5, 0.6) is 11.5 Å². The number of nitrogens with one attached hydrogen (secondary N) is 1. The van der Waals surface area contributed by atoms with Crippen molar-refractivity contribution in [1.82, 2.24) is 5.32 Å². The van der Waals surface area contributed by atoms with Crippen molar-refractivity contribution >= 4 is 11.9 Å². The zero-order chi connectivity index (χ0) is 14.4. The number of aromatic hydroxyl groups is 1. The minimum absolute atomic E-state index is 0.0940. The quantitative estimate of drug-likeness (QED) is 0.576. The number of phenolic OH excluding ortho intramolecular Hbond substituents is 1. The number of amides is 1. The smallest absolute Gasteiger partial charge is 0.326 e. The lowest BCUT2D eigenvalue weighted by Crippen LogP contribution is -2.41. The molecule has 1 atom stereocenters. The van der Waals surface area contributed by atoms with Crippen LogP contribution in [-0.2, 0) is 4.79 Å². The minimum atomic E-state index is -1.24. The first-order chi connectivity index (χ1) is 8.99. The maximum Gasteiger partial charge on any atom is 0.326 e. The summed E-state index contributed by atoms with van der Waals surface area (Å²) in [6, 6.07) is 2.78. The van der Waals surface area contributed by atoms with Crippen molar-refractivity contribution in [2.24, 2.45) is 0 Å². The van der Waals surface area contributed by atoms with Crippen molar-refractivity contribution in [3.63, 3.8) is 0 Å². The molecule has 7 nitrogen and oxygen atoms in total. The second-order valence-electron chi connectivity index (χ2n) is 3.76. The second kappa shape index (κ2) is 6.60. The Morgan fingerprint density at radius 2 is 2.11 bits per heavy atom. The zero-order valence-corrected chi connectivity index (χ0v) is 10.3. The fourth-order valence-electron chi connectivity index (χ4n) is 1.46. The largest absolute Gasteiger partial charge is 0.504 e. The molecule has 0 aliphatic heterocycles. The van der Waals surface area contributed by atoms with Gasteiger partial charge in [0.15, 0.2) is 11.5 Å². The van der Waals surface area contributed by atoms with Crippen molar-refractivity contribution in [2.75, 3.05) is 13.7 Å². The molecular formula is C12H15NO6. The number of carbonyl (C=O) groups is 2. The average molecular weight is 269 g/mol. The first kappa shape index (κ1) is 14.8. The molecule has 0 aromatic heterocycles. The van der Waals surface area contributed by atoms with Gasteiger partial charge in [-0.2, -0.15) is 0 Å². The van der Waals surface area contributed by atoms with E-state index in [1.165, 1.54) is 25.3 Å². The van der Waals surface area contributed by atoms with Crippen molar-refractivity contribution in [3.05, 3.63) is 23.8 Å². The van der Waals surface area contributed by atoms with Crippen LogP contribution in [0.25, 0.3) is 0 Å². The van der Waals surface area contributed by atoms with Crippen LogP contribution < -0.4 is 10.1 Å². The van der Waals surface area contributed by atoms with Gasteiger partial charge in [-0.25, -0.2) is 4.79 Å². The molecule has 0 aliphatic carbocycles. The predicted molar refractivity (Wildman–Crippen MR) is 65.3 cm³/mol. The van der Waals surface area contributed by atoms with Gasteiger partial charge in [0.1, 0.15) is 6.04 Å². The molecule has 0 unspecified atom stereocenters. The number of benzene rings is 1. The molecule has 1 amide bonds. The van der Waals surface area contributed by atoms with Crippen LogP contribution in [0.3, 0.4) is 0 Å². The number of carbonyl (C=O) groups excluding carboxylic acids is 1. The summed E-state index contributed by atoms with van der Waals surface area (Å²) in [5.41, 5.74) is 0.0995. The molecule has 1 aromatic rings. The maximum atomic E-state index is 11.8. The van der Waals surface area contributed by atoms with E-state index < -0.39 is 17.9 Å². The number of ether oxygens (including phenoxy) is 1. The highest BCUT2D eigenvalue weighted by atomic mass is 16.5.